The Kier molecular flexibility index (Phi) is 4.84. The lowest BCUT2D eigenvalue weighted by atomic mass is 10.1. The van der Waals surface area contributed by atoms with Crippen LogP contribution in [0.4, 0.5) is 17.1 Å². The number of nitrogens with one attached hydrogen (secondary N) is 1. The van der Waals surface area contributed by atoms with Gasteiger partial charge in [0.25, 0.3) is 5.69 Å². The van der Waals surface area contributed by atoms with Gasteiger partial charge in [-0.05, 0) is 20.3 Å². The Morgan fingerprint density at radius 3 is 2.35 bits per heavy atom. The molecule has 8 heteroatoms. The van der Waals surface area contributed by atoms with Crippen LogP contribution in [0.1, 0.15) is 25.8 Å². The molecule has 0 spiro atoms. The Balaban J connectivity index is 3.63. The Hall–Kier alpha value is -2.38. The molecule has 1 unspecified atom stereocenters. The van der Waals surface area contributed by atoms with E-state index in [1.807, 2.05) is 6.92 Å². The maximum Gasteiger partial charge on any atom is 0.341 e. The molecule has 1 rings (SSSR count). The molecule has 110 valence electrons. The van der Waals surface area contributed by atoms with E-state index in [1.165, 1.54) is 20.1 Å². The average molecular weight is 283 g/mol. The van der Waals surface area contributed by atoms with Crippen LogP contribution in [0.2, 0.25) is 0 Å². The highest BCUT2D eigenvalue weighted by atomic mass is 16.6. The van der Waals surface area contributed by atoms with Gasteiger partial charge in [0.2, 0.25) is 5.75 Å². The molecule has 0 aliphatic carbocycles. The first kappa shape index (κ1) is 15.7. The molecule has 1 atom stereocenters. The summed E-state index contributed by atoms with van der Waals surface area (Å²) in [4.78, 5) is 21.1. The molecule has 0 bridgehead atoms. The number of nitrogens with zero attached hydrogens (tertiary/aromatic N) is 2. The normalized spacial score (nSPS) is 11.8. The third kappa shape index (κ3) is 2.95. The van der Waals surface area contributed by atoms with E-state index in [2.05, 4.69) is 5.32 Å². The third-order valence-electron chi connectivity index (χ3n) is 3.01. The summed E-state index contributed by atoms with van der Waals surface area (Å²) in [7, 11) is 1.30. The van der Waals surface area contributed by atoms with Crippen molar-refractivity contribution in [3.8, 4) is 5.75 Å². The number of benzene rings is 1. The molecular formula is C12H17N3O5. The highest BCUT2D eigenvalue weighted by Crippen LogP contribution is 2.44. The summed E-state index contributed by atoms with van der Waals surface area (Å²) < 4.78 is 5.02. The standard InChI is InChI=1S/C12H17N3O5/c1-5-8(3)13-10-9(14(16)17)6-7(2)12(20-4)11(10)15(18)19/h6,8,13H,5H2,1-4H3. The van der Waals surface area contributed by atoms with Gasteiger partial charge in [0, 0.05) is 17.7 Å². The van der Waals surface area contributed by atoms with E-state index >= 15 is 0 Å². The maximum absolute atomic E-state index is 11.3. The van der Waals surface area contributed by atoms with Crippen molar-refractivity contribution >= 4 is 17.1 Å². The third-order valence-corrected chi connectivity index (χ3v) is 3.01. The lowest BCUT2D eigenvalue weighted by Gasteiger charge is -2.15. The Bertz CT molecular complexity index is 544. The number of hydrogen-bond donors (Lipinski definition) is 1. The average Bonchev–Trinajstić information content (AvgIpc) is 2.38. The van der Waals surface area contributed by atoms with Gasteiger partial charge in [0.1, 0.15) is 0 Å². The van der Waals surface area contributed by atoms with Gasteiger partial charge < -0.3 is 10.1 Å². The lowest BCUT2D eigenvalue weighted by Crippen LogP contribution is -2.16. The highest BCUT2D eigenvalue weighted by Gasteiger charge is 2.32. The van der Waals surface area contributed by atoms with Crippen LogP contribution in [-0.2, 0) is 0 Å². The van der Waals surface area contributed by atoms with E-state index in [-0.39, 0.29) is 23.2 Å². The predicted molar refractivity (Wildman–Crippen MR) is 74.4 cm³/mol. The smallest absolute Gasteiger partial charge is 0.341 e. The number of hydrogen-bond acceptors (Lipinski definition) is 6. The second kappa shape index (κ2) is 6.18. The lowest BCUT2D eigenvalue weighted by molar-refractivity contribution is -0.393. The van der Waals surface area contributed by atoms with E-state index in [0.717, 1.165) is 0 Å². The first-order valence-corrected chi connectivity index (χ1v) is 6.10. The monoisotopic (exact) mass is 283 g/mol. The maximum atomic E-state index is 11.3. The molecule has 0 radical (unpaired) electrons. The van der Waals surface area contributed by atoms with Gasteiger partial charge in [-0.1, -0.05) is 6.92 Å². The summed E-state index contributed by atoms with van der Waals surface area (Å²) in [5.41, 5.74) is -0.493. The van der Waals surface area contributed by atoms with Crippen molar-refractivity contribution in [1.82, 2.24) is 0 Å². The van der Waals surface area contributed by atoms with Crippen molar-refractivity contribution in [2.45, 2.75) is 33.2 Å². The van der Waals surface area contributed by atoms with Crippen molar-refractivity contribution in [3.63, 3.8) is 0 Å². The van der Waals surface area contributed by atoms with Gasteiger partial charge in [-0.2, -0.15) is 0 Å². The Labute approximate surface area is 116 Å². The van der Waals surface area contributed by atoms with Crippen LogP contribution in [0.25, 0.3) is 0 Å². The minimum atomic E-state index is -0.663. The Morgan fingerprint density at radius 1 is 1.35 bits per heavy atom. The van der Waals surface area contributed by atoms with E-state index in [1.54, 1.807) is 6.92 Å². The largest absolute Gasteiger partial charge is 0.490 e. The molecule has 1 aromatic carbocycles. The second-order valence-corrected chi connectivity index (χ2v) is 4.44. The van der Waals surface area contributed by atoms with Crippen LogP contribution in [0, 0.1) is 27.2 Å². The molecule has 20 heavy (non-hydrogen) atoms. The molecule has 0 aliphatic rings. The van der Waals surface area contributed by atoms with Crippen LogP contribution in [-0.4, -0.2) is 23.0 Å². The predicted octanol–water partition coefficient (Wildman–Crippen LogP) is 3.03. The molecule has 1 N–H and O–H groups in total. The van der Waals surface area contributed by atoms with Crippen LogP contribution >= 0.6 is 0 Å². The zero-order valence-electron chi connectivity index (χ0n) is 11.8. The fourth-order valence-corrected chi connectivity index (χ4v) is 1.83. The number of aryl methyl sites for hydroxylation is 1. The summed E-state index contributed by atoms with van der Waals surface area (Å²) in [5, 5.41) is 25.2. The van der Waals surface area contributed by atoms with E-state index in [0.29, 0.717) is 12.0 Å². The molecular weight excluding hydrogens is 266 g/mol. The van der Waals surface area contributed by atoms with Gasteiger partial charge in [-0.25, -0.2) is 0 Å². The molecule has 0 amide bonds. The SMILES string of the molecule is CCC(C)Nc1c([N+](=O)[O-])cc(C)c(OC)c1[N+](=O)[O-]. The van der Waals surface area contributed by atoms with Gasteiger partial charge >= 0.3 is 5.69 Å². The van der Waals surface area contributed by atoms with Crippen LogP contribution in [0.15, 0.2) is 6.07 Å². The second-order valence-electron chi connectivity index (χ2n) is 4.44. The van der Waals surface area contributed by atoms with Crippen LogP contribution in [0.3, 0.4) is 0 Å². The van der Waals surface area contributed by atoms with Gasteiger partial charge in [-0.15, -0.1) is 0 Å². The van der Waals surface area contributed by atoms with Crippen molar-refractivity contribution in [2.24, 2.45) is 0 Å². The topological polar surface area (TPSA) is 108 Å². The zero-order valence-corrected chi connectivity index (χ0v) is 11.8. The van der Waals surface area contributed by atoms with E-state index < -0.39 is 15.5 Å². The Morgan fingerprint density at radius 2 is 1.95 bits per heavy atom. The van der Waals surface area contributed by atoms with Crippen molar-refractivity contribution in [2.75, 3.05) is 12.4 Å². The number of nitro groups is 2. The molecule has 0 fully saturated rings. The van der Waals surface area contributed by atoms with Crippen LogP contribution in [0.5, 0.6) is 5.75 Å². The number of ether oxygens (including phenoxy) is 1. The first-order chi connectivity index (χ1) is 9.33. The fourth-order valence-electron chi connectivity index (χ4n) is 1.83. The van der Waals surface area contributed by atoms with Gasteiger partial charge in [0.15, 0.2) is 5.69 Å². The van der Waals surface area contributed by atoms with Crippen LogP contribution < -0.4 is 10.1 Å². The van der Waals surface area contributed by atoms with Gasteiger partial charge in [-0.3, -0.25) is 20.2 Å². The number of rotatable bonds is 6. The summed E-state index contributed by atoms with van der Waals surface area (Å²) >= 11 is 0. The van der Waals surface area contributed by atoms with Crippen molar-refractivity contribution < 1.29 is 14.6 Å². The first-order valence-electron chi connectivity index (χ1n) is 6.10. The fraction of sp³-hybridized carbons (Fsp3) is 0.500. The molecule has 8 nitrogen and oxygen atoms in total. The number of nitro benzene ring substituents is 2. The van der Waals surface area contributed by atoms with E-state index in [9.17, 15) is 20.2 Å². The quantitative estimate of drug-likeness (QED) is 0.635. The molecule has 0 heterocycles. The molecule has 0 aromatic heterocycles. The van der Waals surface area contributed by atoms with E-state index in [4.69, 9.17) is 4.74 Å². The van der Waals surface area contributed by atoms with Crippen molar-refractivity contribution in [3.05, 3.63) is 31.9 Å². The minimum Gasteiger partial charge on any atom is -0.490 e. The van der Waals surface area contributed by atoms with Gasteiger partial charge in [0.05, 0.1) is 17.0 Å². The summed E-state index contributed by atoms with van der Waals surface area (Å²) in [6.07, 6.45) is 0.671. The van der Waals surface area contributed by atoms with Crippen molar-refractivity contribution in [1.29, 1.82) is 0 Å². The highest BCUT2D eigenvalue weighted by molar-refractivity contribution is 5.80. The molecule has 0 aliphatic heterocycles. The number of anilines is 1. The molecule has 1 aromatic rings. The molecule has 0 saturated carbocycles. The summed E-state index contributed by atoms with van der Waals surface area (Å²) in [6.45, 7) is 5.20. The summed E-state index contributed by atoms with van der Waals surface area (Å²) in [6, 6.07) is 1.14. The number of methoxy groups -OCH3 is 1. The zero-order chi connectivity index (χ0) is 15.4. The minimum absolute atomic E-state index is 0.0337. The summed E-state index contributed by atoms with van der Waals surface area (Å²) in [5.74, 6) is 0.0337. The molecule has 0 saturated heterocycles.